The Hall–Kier alpha value is -3.87. The van der Waals surface area contributed by atoms with Crippen LogP contribution >= 0.6 is 0 Å². The fourth-order valence-corrected chi connectivity index (χ4v) is 2.54. The summed E-state index contributed by atoms with van der Waals surface area (Å²) in [5.74, 6) is 1.10. The number of pyridine rings is 1. The molecule has 0 saturated heterocycles. The van der Waals surface area contributed by atoms with Gasteiger partial charge in [-0.3, -0.25) is 9.59 Å². The number of nitrogens with one attached hydrogen (secondary N) is 2. The number of anilines is 2. The summed E-state index contributed by atoms with van der Waals surface area (Å²) < 4.78 is 11.2. The molecule has 0 fully saturated rings. The van der Waals surface area contributed by atoms with Crippen molar-refractivity contribution in [3.05, 3.63) is 78.9 Å². The largest absolute Gasteiger partial charge is 0.481 e. The fraction of sp³-hybridized carbons (Fsp3) is 0.174. The lowest BCUT2D eigenvalue weighted by Gasteiger charge is -2.16. The predicted octanol–water partition coefficient (Wildman–Crippen LogP) is 3.89. The first-order chi connectivity index (χ1) is 14.5. The van der Waals surface area contributed by atoms with Gasteiger partial charge < -0.3 is 20.1 Å². The summed E-state index contributed by atoms with van der Waals surface area (Å²) in [5, 5.41) is 5.37. The zero-order valence-corrected chi connectivity index (χ0v) is 16.7. The Kier molecular flexibility index (Phi) is 7.00. The van der Waals surface area contributed by atoms with Gasteiger partial charge in [-0.2, -0.15) is 0 Å². The van der Waals surface area contributed by atoms with Crippen LogP contribution in [0.3, 0.4) is 0 Å². The average molecular weight is 405 g/mol. The summed E-state index contributed by atoms with van der Waals surface area (Å²) in [4.78, 5) is 29.0. The van der Waals surface area contributed by atoms with Crippen LogP contribution in [0.25, 0.3) is 0 Å². The van der Waals surface area contributed by atoms with Crippen LogP contribution in [0.5, 0.6) is 11.5 Å². The van der Waals surface area contributed by atoms with E-state index in [1.54, 1.807) is 56.3 Å². The lowest BCUT2D eigenvalue weighted by molar-refractivity contribution is -0.122. The molecule has 2 N–H and O–H groups in total. The number of ether oxygens (including phenoxy) is 2. The third kappa shape index (κ3) is 6.07. The third-order valence-electron chi connectivity index (χ3n) is 4.10. The second kappa shape index (κ2) is 10.1. The van der Waals surface area contributed by atoms with E-state index in [1.165, 1.54) is 0 Å². The number of aromatic nitrogens is 1. The summed E-state index contributed by atoms with van der Waals surface area (Å²) in [6, 6.07) is 23.1. The van der Waals surface area contributed by atoms with Gasteiger partial charge in [0.05, 0.1) is 0 Å². The minimum atomic E-state index is -0.716. The van der Waals surface area contributed by atoms with Gasteiger partial charge in [0.2, 0.25) is 0 Å². The van der Waals surface area contributed by atoms with Crippen molar-refractivity contribution in [1.29, 1.82) is 0 Å². The van der Waals surface area contributed by atoms with Crippen molar-refractivity contribution in [1.82, 2.24) is 4.98 Å². The Labute approximate surface area is 175 Å². The molecule has 3 aromatic rings. The number of nitrogens with zero attached hydrogens (tertiary/aromatic N) is 1. The van der Waals surface area contributed by atoms with Crippen LogP contribution in [0.1, 0.15) is 13.8 Å². The number of amides is 2. The van der Waals surface area contributed by atoms with E-state index in [0.717, 1.165) is 0 Å². The van der Waals surface area contributed by atoms with Gasteiger partial charge >= 0.3 is 0 Å². The average Bonchev–Trinajstić information content (AvgIpc) is 2.75. The summed E-state index contributed by atoms with van der Waals surface area (Å²) in [6.07, 6.45) is -1.43. The standard InChI is InChI=1S/C23H23N3O4/c1-16(29-18-10-5-3-6-11-18)22(27)25-20-14-9-15-21(24-20)26-23(28)17(2)30-19-12-7-4-8-13-19/h3-17H,1-2H3,(H2,24,25,26,27,28)/t16-,17-/m1/s1. The second-order valence-electron chi connectivity index (χ2n) is 6.53. The van der Waals surface area contributed by atoms with E-state index >= 15 is 0 Å². The van der Waals surface area contributed by atoms with Gasteiger partial charge in [-0.05, 0) is 50.2 Å². The fourth-order valence-electron chi connectivity index (χ4n) is 2.54. The molecule has 0 aliphatic rings. The van der Waals surface area contributed by atoms with E-state index in [2.05, 4.69) is 15.6 Å². The Morgan fingerprint density at radius 3 is 1.47 bits per heavy atom. The Balaban J connectivity index is 1.56. The lowest BCUT2D eigenvalue weighted by atomic mass is 10.3. The molecule has 0 radical (unpaired) electrons. The van der Waals surface area contributed by atoms with Crippen molar-refractivity contribution in [3.8, 4) is 11.5 Å². The van der Waals surface area contributed by atoms with Crippen LogP contribution in [0.2, 0.25) is 0 Å². The molecule has 2 aromatic carbocycles. The van der Waals surface area contributed by atoms with Crippen LogP contribution in [-0.2, 0) is 9.59 Å². The van der Waals surface area contributed by atoms with Crippen LogP contribution < -0.4 is 20.1 Å². The number of para-hydroxylation sites is 2. The minimum absolute atomic E-state index is 0.304. The van der Waals surface area contributed by atoms with E-state index in [0.29, 0.717) is 23.1 Å². The smallest absolute Gasteiger partial charge is 0.266 e. The molecule has 1 heterocycles. The molecule has 2 amide bonds. The van der Waals surface area contributed by atoms with Crippen molar-refractivity contribution in [2.45, 2.75) is 26.1 Å². The van der Waals surface area contributed by atoms with Crippen molar-refractivity contribution in [3.63, 3.8) is 0 Å². The van der Waals surface area contributed by atoms with Gasteiger partial charge in [-0.15, -0.1) is 0 Å². The summed E-state index contributed by atoms with van der Waals surface area (Å²) in [7, 11) is 0. The summed E-state index contributed by atoms with van der Waals surface area (Å²) >= 11 is 0. The number of carbonyl (C=O) groups is 2. The van der Waals surface area contributed by atoms with E-state index in [9.17, 15) is 9.59 Å². The summed E-state index contributed by atoms with van der Waals surface area (Å²) in [6.45, 7) is 3.30. The van der Waals surface area contributed by atoms with Crippen LogP contribution in [0.4, 0.5) is 11.6 Å². The highest BCUT2D eigenvalue weighted by Crippen LogP contribution is 2.15. The monoisotopic (exact) mass is 405 g/mol. The third-order valence-corrected chi connectivity index (χ3v) is 4.10. The van der Waals surface area contributed by atoms with E-state index in [4.69, 9.17) is 9.47 Å². The van der Waals surface area contributed by atoms with Crippen molar-refractivity contribution < 1.29 is 19.1 Å². The van der Waals surface area contributed by atoms with Gasteiger partial charge in [0.15, 0.2) is 12.2 Å². The molecule has 0 unspecified atom stereocenters. The second-order valence-corrected chi connectivity index (χ2v) is 6.53. The number of hydrogen-bond donors (Lipinski definition) is 2. The molecule has 0 aliphatic carbocycles. The van der Waals surface area contributed by atoms with E-state index in [-0.39, 0.29) is 11.8 Å². The van der Waals surface area contributed by atoms with Gasteiger partial charge in [-0.1, -0.05) is 42.5 Å². The highest BCUT2D eigenvalue weighted by molar-refractivity contribution is 5.95. The quantitative estimate of drug-likeness (QED) is 0.593. The maximum atomic E-state index is 12.4. The Morgan fingerprint density at radius 2 is 1.07 bits per heavy atom. The van der Waals surface area contributed by atoms with E-state index in [1.807, 2.05) is 36.4 Å². The number of hydrogen-bond acceptors (Lipinski definition) is 5. The SMILES string of the molecule is C[C@@H](Oc1ccccc1)C(=O)Nc1cccc(NC(=O)[C@@H](C)Oc2ccccc2)n1. The zero-order chi connectivity index (χ0) is 21.3. The maximum absolute atomic E-state index is 12.4. The minimum Gasteiger partial charge on any atom is -0.481 e. The molecule has 3 rings (SSSR count). The molecule has 0 aliphatic heterocycles. The molecule has 0 saturated carbocycles. The lowest BCUT2D eigenvalue weighted by Crippen LogP contribution is -2.31. The number of carbonyl (C=O) groups excluding carboxylic acids is 2. The summed E-state index contributed by atoms with van der Waals surface area (Å²) in [5.41, 5.74) is 0. The van der Waals surface area contributed by atoms with Gasteiger partial charge in [-0.25, -0.2) is 4.98 Å². The van der Waals surface area contributed by atoms with Crippen molar-refractivity contribution in [2.75, 3.05) is 10.6 Å². The molecule has 7 heteroatoms. The molecule has 0 spiro atoms. The highest BCUT2D eigenvalue weighted by atomic mass is 16.5. The normalized spacial score (nSPS) is 12.3. The first-order valence-corrected chi connectivity index (χ1v) is 9.53. The van der Waals surface area contributed by atoms with Crippen molar-refractivity contribution in [2.24, 2.45) is 0 Å². The molecular formula is C23H23N3O4. The van der Waals surface area contributed by atoms with Gasteiger partial charge in [0.25, 0.3) is 11.8 Å². The Morgan fingerprint density at radius 1 is 0.667 bits per heavy atom. The van der Waals surface area contributed by atoms with Crippen LogP contribution in [0.15, 0.2) is 78.9 Å². The molecule has 0 bridgehead atoms. The number of benzene rings is 2. The van der Waals surface area contributed by atoms with Crippen molar-refractivity contribution >= 4 is 23.5 Å². The molecular weight excluding hydrogens is 382 g/mol. The number of rotatable bonds is 8. The topological polar surface area (TPSA) is 89.6 Å². The van der Waals surface area contributed by atoms with Gasteiger partial charge in [0.1, 0.15) is 23.1 Å². The molecule has 154 valence electrons. The maximum Gasteiger partial charge on any atom is 0.266 e. The first-order valence-electron chi connectivity index (χ1n) is 9.53. The Bertz CT molecular complexity index is 903. The zero-order valence-electron chi connectivity index (χ0n) is 16.7. The van der Waals surface area contributed by atoms with Gasteiger partial charge in [0, 0.05) is 0 Å². The van der Waals surface area contributed by atoms with Crippen LogP contribution in [0, 0.1) is 0 Å². The molecule has 2 atom stereocenters. The van der Waals surface area contributed by atoms with Crippen LogP contribution in [-0.4, -0.2) is 29.0 Å². The highest BCUT2D eigenvalue weighted by Gasteiger charge is 2.17. The molecule has 7 nitrogen and oxygen atoms in total. The predicted molar refractivity (Wildman–Crippen MR) is 115 cm³/mol. The molecule has 30 heavy (non-hydrogen) atoms. The first kappa shape index (κ1) is 20.9. The van der Waals surface area contributed by atoms with E-state index < -0.39 is 12.2 Å². The molecule has 1 aromatic heterocycles.